The largest absolute Gasteiger partial charge is 0.461 e. The first-order valence-corrected chi connectivity index (χ1v) is 6.93. The molecule has 6 nitrogen and oxygen atoms in total. The Bertz CT molecular complexity index is 754. The van der Waals surface area contributed by atoms with Crippen molar-refractivity contribution >= 4 is 17.4 Å². The van der Waals surface area contributed by atoms with Gasteiger partial charge in [0.2, 0.25) is 0 Å². The van der Waals surface area contributed by atoms with E-state index in [4.69, 9.17) is 9.26 Å². The second-order valence-corrected chi connectivity index (χ2v) is 4.65. The van der Waals surface area contributed by atoms with E-state index >= 15 is 0 Å². The van der Waals surface area contributed by atoms with Crippen LogP contribution in [0.4, 0.5) is 18.9 Å². The summed E-state index contributed by atoms with van der Waals surface area (Å²) in [5.41, 5.74) is 1.48. The Morgan fingerprint density at radius 3 is 2.75 bits per heavy atom. The van der Waals surface area contributed by atoms with Gasteiger partial charge in [0.1, 0.15) is 5.71 Å². The van der Waals surface area contributed by atoms with Crippen molar-refractivity contribution in [1.29, 1.82) is 0 Å². The van der Waals surface area contributed by atoms with Crippen molar-refractivity contribution in [2.75, 3.05) is 12.0 Å². The van der Waals surface area contributed by atoms with Gasteiger partial charge < -0.3 is 9.26 Å². The predicted molar refractivity (Wildman–Crippen MR) is 79.7 cm³/mol. The van der Waals surface area contributed by atoms with Crippen LogP contribution < -0.4 is 5.43 Å². The molecule has 24 heavy (non-hydrogen) atoms. The lowest BCUT2D eigenvalue weighted by molar-refractivity contribution is -0.136. The summed E-state index contributed by atoms with van der Waals surface area (Å²) in [5, 5.41) is 7.37. The van der Waals surface area contributed by atoms with Crippen molar-refractivity contribution in [3.8, 4) is 0 Å². The summed E-state index contributed by atoms with van der Waals surface area (Å²) < 4.78 is 48.4. The van der Waals surface area contributed by atoms with Crippen LogP contribution in [0.2, 0.25) is 0 Å². The maximum absolute atomic E-state index is 12.9. The van der Waals surface area contributed by atoms with Gasteiger partial charge in [-0.25, -0.2) is 4.79 Å². The molecule has 0 aliphatic carbocycles. The number of aromatic nitrogens is 1. The number of benzene rings is 1. The molecular weight excluding hydrogens is 327 g/mol. The van der Waals surface area contributed by atoms with Gasteiger partial charge in [-0.2, -0.15) is 18.3 Å². The Labute approximate surface area is 135 Å². The topological polar surface area (TPSA) is 76.7 Å². The summed E-state index contributed by atoms with van der Waals surface area (Å²) in [6, 6.07) is 6.24. The molecule has 0 atom stereocenters. The van der Waals surface area contributed by atoms with Crippen LogP contribution in [-0.4, -0.2) is 23.4 Å². The minimum absolute atomic E-state index is 0.0444. The SMILES string of the molecule is CCOC(=O)c1cc(/C(C)=N\Nc2ccccc2C(F)(F)F)on1. The first-order chi connectivity index (χ1) is 11.3. The molecule has 0 aliphatic rings. The van der Waals surface area contributed by atoms with E-state index in [0.29, 0.717) is 0 Å². The van der Waals surface area contributed by atoms with Gasteiger partial charge in [0.05, 0.1) is 17.9 Å². The standard InChI is InChI=1S/C15H14F3N3O3/c1-3-23-14(22)12-8-13(24-21-12)9(2)19-20-11-7-5-4-6-10(11)15(16,17)18/h4-8,20H,3H2,1-2H3/b19-9-. The van der Waals surface area contributed by atoms with Crippen LogP contribution in [0.5, 0.6) is 0 Å². The average Bonchev–Trinajstić information content (AvgIpc) is 3.02. The maximum atomic E-state index is 12.9. The highest BCUT2D eigenvalue weighted by molar-refractivity contribution is 5.98. The molecule has 0 saturated heterocycles. The summed E-state index contributed by atoms with van der Waals surface area (Å²) in [5.74, 6) is -0.522. The summed E-state index contributed by atoms with van der Waals surface area (Å²) in [6.07, 6.45) is -4.50. The minimum atomic E-state index is -4.50. The van der Waals surface area contributed by atoms with Crippen LogP contribution in [0.25, 0.3) is 0 Å². The molecular formula is C15H14F3N3O3. The van der Waals surface area contributed by atoms with Crippen molar-refractivity contribution in [1.82, 2.24) is 5.16 Å². The summed E-state index contributed by atoms with van der Waals surface area (Å²) in [6.45, 7) is 3.33. The van der Waals surface area contributed by atoms with E-state index in [1.165, 1.54) is 31.2 Å². The van der Waals surface area contributed by atoms with Crippen molar-refractivity contribution in [2.45, 2.75) is 20.0 Å². The van der Waals surface area contributed by atoms with Crippen LogP contribution in [-0.2, 0) is 10.9 Å². The number of alkyl halides is 3. The molecule has 1 heterocycles. The summed E-state index contributed by atoms with van der Waals surface area (Å²) in [7, 11) is 0. The number of carbonyl (C=O) groups excluding carboxylic acids is 1. The van der Waals surface area contributed by atoms with Crippen LogP contribution in [0, 0.1) is 0 Å². The van der Waals surface area contributed by atoms with Gasteiger partial charge in [-0.3, -0.25) is 5.43 Å². The number of carbonyl (C=O) groups is 1. The van der Waals surface area contributed by atoms with E-state index in [1.54, 1.807) is 6.92 Å². The van der Waals surface area contributed by atoms with Crippen LogP contribution in [0.3, 0.4) is 0 Å². The summed E-state index contributed by atoms with van der Waals surface area (Å²) in [4.78, 5) is 11.5. The molecule has 2 rings (SSSR count). The van der Waals surface area contributed by atoms with E-state index in [9.17, 15) is 18.0 Å². The number of hydrogen-bond donors (Lipinski definition) is 1. The number of anilines is 1. The lowest BCUT2D eigenvalue weighted by Gasteiger charge is -2.11. The Balaban J connectivity index is 2.17. The van der Waals surface area contributed by atoms with Crippen molar-refractivity contribution < 1.29 is 27.2 Å². The Kier molecular flexibility index (Phi) is 5.22. The molecule has 128 valence electrons. The first kappa shape index (κ1) is 17.5. The van der Waals surface area contributed by atoms with Gasteiger partial charge in [-0.05, 0) is 26.0 Å². The first-order valence-electron chi connectivity index (χ1n) is 6.93. The number of ether oxygens (including phenoxy) is 1. The number of hydrazone groups is 1. The Morgan fingerprint density at radius 1 is 1.38 bits per heavy atom. The van der Waals surface area contributed by atoms with Gasteiger partial charge in [0.15, 0.2) is 11.5 Å². The fourth-order valence-electron chi connectivity index (χ4n) is 1.77. The van der Waals surface area contributed by atoms with Crippen molar-refractivity contribution in [2.24, 2.45) is 5.10 Å². The second-order valence-electron chi connectivity index (χ2n) is 4.65. The quantitative estimate of drug-likeness (QED) is 0.510. The van der Waals surface area contributed by atoms with Gasteiger partial charge in [0.25, 0.3) is 0 Å². The third-order valence-electron chi connectivity index (χ3n) is 2.93. The van der Waals surface area contributed by atoms with Gasteiger partial charge in [-0.1, -0.05) is 17.3 Å². The zero-order valence-electron chi connectivity index (χ0n) is 12.8. The van der Waals surface area contributed by atoms with Gasteiger partial charge >= 0.3 is 12.1 Å². The van der Waals surface area contributed by atoms with E-state index in [0.717, 1.165) is 6.07 Å². The van der Waals surface area contributed by atoms with Crippen molar-refractivity contribution in [3.63, 3.8) is 0 Å². The molecule has 0 saturated carbocycles. The fourth-order valence-corrected chi connectivity index (χ4v) is 1.77. The molecule has 1 N–H and O–H groups in total. The number of hydrogen-bond acceptors (Lipinski definition) is 6. The van der Waals surface area contributed by atoms with Gasteiger partial charge in [0, 0.05) is 6.07 Å². The van der Waals surface area contributed by atoms with E-state index < -0.39 is 17.7 Å². The third kappa shape index (κ3) is 4.12. The monoisotopic (exact) mass is 341 g/mol. The van der Waals surface area contributed by atoms with Crippen LogP contribution in [0.15, 0.2) is 40.0 Å². The molecule has 0 radical (unpaired) electrons. The van der Waals surface area contributed by atoms with E-state index in [1.807, 2.05) is 0 Å². The van der Waals surface area contributed by atoms with E-state index in [-0.39, 0.29) is 29.5 Å². The molecule has 9 heteroatoms. The molecule has 0 unspecified atom stereocenters. The zero-order valence-corrected chi connectivity index (χ0v) is 12.8. The molecule has 0 bridgehead atoms. The fraction of sp³-hybridized carbons (Fsp3) is 0.267. The molecule has 1 aromatic carbocycles. The molecule has 2 aromatic rings. The molecule has 0 spiro atoms. The Hall–Kier alpha value is -2.84. The van der Waals surface area contributed by atoms with Crippen LogP contribution in [0.1, 0.15) is 35.7 Å². The highest BCUT2D eigenvalue weighted by Crippen LogP contribution is 2.34. The highest BCUT2D eigenvalue weighted by Gasteiger charge is 2.33. The minimum Gasteiger partial charge on any atom is -0.461 e. The number of nitrogens with zero attached hydrogens (tertiary/aromatic N) is 2. The number of halogens is 3. The third-order valence-corrected chi connectivity index (χ3v) is 2.93. The zero-order chi connectivity index (χ0) is 17.7. The lowest BCUT2D eigenvalue weighted by atomic mass is 10.2. The number of nitrogens with one attached hydrogen (secondary N) is 1. The number of rotatable bonds is 5. The second kappa shape index (κ2) is 7.16. The predicted octanol–water partition coefficient (Wildman–Crippen LogP) is 3.71. The van der Waals surface area contributed by atoms with Crippen molar-refractivity contribution in [3.05, 3.63) is 47.3 Å². The molecule has 0 aliphatic heterocycles. The average molecular weight is 341 g/mol. The smallest absolute Gasteiger partial charge is 0.418 e. The molecule has 0 amide bonds. The molecule has 1 aromatic heterocycles. The highest BCUT2D eigenvalue weighted by atomic mass is 19.4. The number of para-hydroxylation sites is 1. The van der Waals surface area contributed by atoms with Gasteiger partial charge in [-0.15, -0.1) is 0 Å². The van der Waals surface area contributed by atoms with Crippen LogP contribution >= 0.6 is 0 Å². The summed E-state index contributed by atoms with van der Waals surface area (Å²) >= 11 is 0. The Morgan fingerprint density at radius 2 is 2.08 bits per heavy atom. The maximum Gasteiger partial charge on any atom is 0.418 e. The molecule has 0 fully saturated rings. The number of esters is 1. The normalized spacial score (nSPS) is 12.1. The van der Waals surface area contributed by atoms with E-state index in [2.05, 4.69) is 15.7 Å². The lowest BCUT2D eigenvalue weighted by Crippen LogP contribution is -2.09.